The van der Waals surface area contributed by atoms with Gasteiger partial charge in [0.2, 0.25) is 0 Å². The molecule has 98 valence electrons. The topological polar surface area (TPSA) is 85.8 Å². The molecule has 2 aromatic rings. The first kappa shape index (κ1) is 12.8. The van der Waals surface area contributed by atoms with Crippen molar-refractivity contribution in [3.8, 4) is 0 Å². The summed E-state index contributed by atoms with van der Waals surface area (Å²) in [6.07, 6.45) is 1.36. The Bertz CT molecular complexity index is 594. The van der Waals surface area contributed by atoms with E-state index in [9.17, 15) is 14.9 Å². The quantitative estimate of drug-likeness (QED) is 0.623. The molecule has 1 aromatic heterocycles. The van der Waals surface area contributed by atoms with Crippen molar-refractivity contribution in [3.05, 3.63) is 58.5 Å². The molecule has 0 bridgehead atoms. The zero-order valence-electron chi connectivity index (χ0n) is 9.98. The summed E-state index contributed by atoms with van der Waals surface area (Å²) < 4.78 is 4.97. The fraction of sp³-hybridized carbons (Fsp3) is 0.0833. The van der Waals surface area contributed by atoms with Crippen LogP contribution in [0.15, 0.2) is 47.1 Å². The van der Waals surface area contributed by atoms with E-state index in [0.717, 1.165) is 5.06 Å². The van der Waals surface area contributed by atoms with Crippen LogP contribution in [-0.4, -0.2) is 17.9 Å². The van der Waals surface area contributed by atoms with Crippen LogP contribution in [0.25, 0.3) is 0 Å². The van der Waals surface area contributed by atoms with Crippen molar-refractivity contribution in [2.45, 2.75) is 0 Å². The van der Waals surface area contributed by atoms with Crippen LogP contribution in [0.4, 0.5) is 11.4 Å². The van der Waals surface area contributed by atoms with Gasteiger partial charge in [0.1, 0.15) is 0 Å². The average Bonchev–Trinajstić information content (AvgIpc) is 2.93. The highest BCUT2D eigenvalue weighted by Crippen LogP contribution is 2.22. The molecule has 1 amide bonds. The Hall–Kier alpha value is -2.67. The molecule has 2 rings (SSSR count). The van der Waals surface area contributed by atoms with Crippen LogP contribution < -0.4 is 5.06 Å². The minimum Gasteiger partial charge on any atom is -0.459 e. The number of hydrogen-bond acceptors (Lipinski definition) is 5. The van der Waals surface area contributed by atoms with Crippen LogP contribution in [0.3, 0.4) is 0 Å². The number of amides is 1. The van der Waals surface area contributed by atoms with Gasteiger partial charge in [0.25, 0.3) is 5.69 Å². The third-order valence-corrected chi connectivity index (χ3v) is 2.37. The summed E-state index contributed by atoms with van der Waals surface area (Å²) in [7, 11) is 1.29. The lowest BCUT2D eigenvalue weighted by Gasteiger charge is -2.18. The minimum atomic E-state index is -0.548. The van der Waals surface area contributed by atoms with Gasteiger partial charge in [-0.15, -0.1) is 0 Å². The third kappa shape index (κ3) is 2.61. The highest BCUT2D eigenvalue weighted by Gasteiger charge is 2.21. The second-order valence-corrected chi connectivity index (χ2v) is 3.54. The van der Waals surface area contributed by atoms with Gasteiger partial charge in [0.05, 0.1) is 24.0 Å². The van der Waals surface area contributed by atoms with E-state index in [4.69, 9.17) is 9.25 Å². The predicted octanol–water partition coefficient (Wildman–Crippen LogP) is 2.40. The molecule has 1 aromatic carbocycles. The number of carbonyl (C=O) groups is 1. The number of non-ortho nitro benzene ring substituents is 1. The van der Waals surface area contributed by atoms with Gasteiger partial charge in [-0.2, -0.15) is 5.06 Å². The molecule has 0 aliphatic carbocycles. The fourth-order valence-electron chi connectivity index (χ4n) is 1.54. The van der Waals surface area contributed by atoms with Gasteiger partial charge < -0.3 is 4.42 Å². The van der Waals surface area contributed by atoms with Gasteiger partial charge in [0.15, 0.2) is 5.76 Å². The Morgan fingerprint density at radius 3 is 2.74 bits per heavy atom. The first-order valence-electron chi connectivity index (χ1n) is 5.30. The normalized spacial score (nSPS) is 10.2. The molecule has 0 saturated carbocycles. The lowest BCUT2D eigenvalue weighted by atomic mass is 10.2. The lowest BCUT2D eigenvalue weighted by Crippen LogP contribution is -2.29. The van der Waals surface area contributed by atoms with Gasteiger partial charge in [0, 0.05) is 12.1 Å². The first-order chi connectivity index (χ1) is 9.13. The van der Waals surface area contributed by atoms with Crippen molar-refractivity contribution in [3.63, 3.8) is 0 Å². The van der Waals surface area contributed by atoms with Gasteiger partial charge in [-0.1, -0.05) is 6.07 Å². The molecule has 0 saturated heterocycles. The molecule has 0 atom stereocenters. The standard InChI is InChI=1S/C12H10N2O5/c1-18-13(12(15)11-6-3-7-19-11)9-4-2-5-10(8-9)14(16)17/h2-8H,1H3. The highest BCUT2D eigenvalue weighted by molar-refractivity contribution is 6.02. The summed E-state index contributed by atoms with van der Waals surface area (Å²) in [5.74, 6) is -0.471. The van der Waals surface area contributed by atoms with Crippen LogP contribution in [0.1, 0.15) is 10.6 Å². The molecule has 0 spiro atoms. The number of hydrogen-bond donors (Lipinski definition) is 0. The van der Waals surface area contributed by atoms with Crippen LogP contribution in [0.5, 0.6) is 0 Å². The maximum Gasteiger partial charge on any atom is 0.317 e. The van der Waals surface area contributed by atoms with Crippen LogP contribution in [-0.2, 0) is 4.84 Å². The van der Waals surface area contributed by atoms with Gasteiger partial charge in [-0.3, -0.25) is 19.7 Å². The van der Waals surface area contributed by atoms with Crippen molar-refractivity contribution in [1.29, 1.82) is 0 Å². The summed E-state index contributed by atoms with van der Waals surface area (Å²) in [6, 6.07) is 8.60. The molecular formula is C12H10N2O5. The van der Waals surface area contributed by atoms with Crippen molar-refractivity contribution in [2.75, 3.05) is 12.2 Å². The molecular weight excluding hydrogens is 252 g/mol. The second-order valence-electron chi connectivity index (χ2n) is 3.54. The molecule has 0 aliphatic heterocycles. The van der Waals surface area contributed by atoms with Gasteiger partial charge in [-0.25, -0.2) is 0 Å². The zero-order chi connectivity index (χ0) is 13.8. The van der Waals surface area contributed by atoms with Crippen molar-refractivity contribution < 1.29 is 19.0 Å². The molecule has 0 unspecified atom stereocenters. The van der Waals surface area contributed by atoms with E-state index in [-0.39, 0.29) is 17.1 Å². The Kier molecular flexibility index (Phi) is 3.58. The Morgan fingerprint density at radius 1 is 1.37 bits per heavy atom. The monoisotopic (exact) mass is 262 g/mol. The largest absolute Gasteiger partial charge is 0.459 e. The van der Waals surface area contributed by atoms with E-state index in [1.807, 2.05) is 0 Å². The maximum absolute atomic E-state index is 12.1. The number of anilines is 1. The van der Waals surface area contributed by atoms with Gasteiger partial charge in [-0.05, 0) is 18.2 Å². The van der Waals surface area contributed by atoms with Crippen molar-refractivity contribution in [1.82, 2.24) is 0 Å². The van der Waals surface area contributed by atoms with Crippen molar-refractivity contribution >= 4 is 17.3 Å². The fourth-order valence-corrected chi connectivity index (χ4v) is 1.54. The summed E-state index contributed by atoms with van der Waals surface area (Å²) in [5, 5.41) is 11.6. The Balaban J connectivity index is 2.34. The highest BCUT2D eigenvalue weighted by atomic mass is 16.7. The van der Waals surface area contributed by atoms with E-state index in [2.05, 4.69) is 0 Å². The number of nitro groups is 1. The van der Waals surface area contributed by atoms with Crippen LogP contribution in [0, 0.1) is 10.1 Å². The molecule has 1 heterocycles. The van der Waals surface area contributed by atoms with E-state index in [0.29, 0.717) is 0 Å². The third-order valence-electron chi connectivity index (χ3n) is 2.37. The molecule has 0 radical (unpaired) electrons. The molecule has 19 heavy (non-hydrogen) atoms. The summed E-state index contributed by atoms with van der Waals surface area (Å²) in [4.78, 5) is 27.2. The van der Waals surface area contributed by atoms with E-state index in [1.54, 1.807) is 6.07 Å². The first-order valence-corrected chi connectivity index (χ1v) is 5.30. The average molecular weight is 262 g/mol. The SMILES string of the molecule is CON(C(=O)c1ccco1)c1cccc([N+](=O)[O-])c1. The Labute approximate surface area is 108 Å². The van der Waals surface area contributed by atoms with E-state index >= 15 is 0 Å². The number of hydroxylamine groups is 1. The summed E-state index contributed by atoms with van der Waals surface area (Å²) >= 11 is 0. The predicted molar refractivity (Wildman–Crippen MR) is 65.6 cm³/mol. The van der Waals surface area contributed by atoms with Crippen LogP contribution >= 0.6 is 0 Å². The lowest BCUT2D eigenvalue weighted by molar-refractivity contribution is -0.384. The Morgan fingerprint density at radius 2 is 2.16 bits per heavy atom. The number of nitrogens with zero attached hydrogens (tertiary/aromatic N) is 2. The number of furan rings is 1. The van der Waals surface area contributed by atoms with E-state index < -0.39 is 10.8 Å². The smallest absolute Gasteiger partial charge is 0.317 e. The number of carbonyl (C=O) groups excluding carboxylic acids is 1. The molecule has 7 heteroatoms. The number of benzene rings is 1. The van der Waals surface area contributed by atoms with Crippen LogP contribution in [0.2, 0.25) is 0 Å². The molecule has 0 aliphatic rings. The molecule has 0 N–H and O–H groups in total. The van der Waals surface area contributed by atoms with Gasteiger partial charge >= 0.3 is 5.91 Å². The molecule has 7 nitrogen and oxygen atoms in total. The maximum atomic E-state index is 12.1. The molecule has 0 fully saturated rings. The summed E-state index contributed by atoms with van der Waals surface area (Å²) in [5.41, 5.74) is 0.116. The number of nitro benzene ring substituents is 1. The minimum absolute atomic E-state index is 0.0772. The number of rotatable bonds is 4. The van der Waals surface area contributed by atoms with Crippen molar-refractivity contribution in [2.24, 2.45) is 0 Å². The zero-order valence-corrected chi connectivity index (χ0v) is 9.98. The summed E-state index contributed by atoms with van der Waals surface area (Å²) in [6.45, 7) is 0. The second kappa shape index (κ2) is 5.32. The van der Waals surface area contributed by atoms with E-state index in [1.165, 1.54) is 43.7 Å².